The summed E-state index contributed by atoms with van der Waals surface area (Å²) in [5.74, 6) is 1.000. The Morgan fingerprint density at radius 3 is 2.76 bits per heavy atom. The number of hydrogen-bond donors (Lipinski definition) is 1. The number of ether oxygens (including phenoxy) is 1. The summed E-state index contributed by atoms with van der Waals surface area (Å²) >= 11 is 3.45. The lowest BCUT2D eigenvalue weighted by Crippen LogP contribution is -2.14. The molecule has 2 nitrogen and oxygen atoms in total. The monoisotopic (exact) mass is 299 g/mol. The third-order valence-corrected chi connectivity index (χ3v) is 3.14. The van der Waals surface area contributed by atoms with E-state index in [1.807, 2.05) is 12.1 Å². The summed E-state index contributed by atoms with van der Waals surface area (Å²) < 4.78 is 6.86. The molecule has 96 valence electrons. The van der Waals surface area contributed by atoms with Gasteiger partial charge in [-0.15, -0.1) is 0 Å². The minimum atomic E-state index is 0.814. The highest BCUT2D eigenvalue weighted by Crippen LogP contribution is 2.22. The topological polar surface area (TPSA) is 21.3 Å². The van der Waals surface area contributed by atoms with Crippen LogP contribution >= 0.6 is 15.9 Å². The van der Waals surface area contributed by atoms with Gasteiger partial charge in [0.05, 0.1) is 6.61 Å². The Morgan fingerprint density at radius 2 is 2.06 bits per heavy atom. The van der Waals surface area contributed by atoms with Gasteiger partial charge < -0.3 is 10.1 Å². The number of rotatable bonds is 8. The molecule has 1 N–H and O–H groups in total. The standard InChI is InChI=1S/C14H22BrNO/c1-3-16-9-5-4-6-10-17-14-8-7-13(15)11-12(14)2/h7-8,11,16H,3-6,9-10H2,1-2H3. The van der Waals surface area contributed by atoms with Crippen molar-refractivity contribution < 1.29 is 4.74 Å². The van der Waals surface area contributed by atoms with Crippen LogP contribution in [0.1, 0.15) is 31.7 Å². The first-order valence-electron chi connectivity index (χ1n) is 6.33. The fraction of sp³-hybridized carbons (Fsp3) is 0.571. The van der Waals surface area contributed by atoms with Crippen molar-refractivity contribution in [2.45, 2.75) is 33.1 Å². The fourth-order valence-corrected chi connectivity index (χ4v) is 2.14. The van der Waals surface area contributed by atoms with Crippen LogP contribution in [0, 0.1) is 6.92 Å². The van der Waals surface area contributed by atoms with Crippen LogP contribution in [0.2, 0.25) is 0 Å². The first-order valence-corrected chi connectivity index (χ1v) is 7.13. The second-order valence-electron chi connectivity index (χ2n) is 4.17. The number of nitrogens with one attached hydrogen (secondary N) is 1. The number of hydrogen-bond acceptors (Lipinski definition) is 2. The first kappa shape index (κ1) is 14.5. The summed E-state index contributed by atoms with van der Waals surface area (Å²) in [6.45, 7) is 7.21. The third kappa shape index (κ3) is 6.08. The Hall–Kier alpha value is -0.540. The van der Waals surface area contributed by atoms with Crippen LogP contribution < -0.4 is 10.1 Å². The summed E-state index contributed by atoms with van der Waals surface area (Å²) in [6, 6.07) is 6.13. The van der Waals surface area contributed by atoms with Gasteiger partial charge in [-0.2, -0.15) is 0 Å². The molecule has 0 aliphatic heterocycles. The Balaban J connectivity index is 2.14. The maximum Gasteiger partial charge on any atom is 0.122 e. The van der Waals surface area contributed by atoms with E-state index in [2.05, 4.69) is 41.2 Å². The predicted octanol–water partition coefficient (Wildman–Crippen LogP) is 3.92. The smallest absolute Gasteiger partial charge is 0.122 e. The molecule has 0 saturated carbocycles. The molecule has 0 atom stereocenters. The molecule has 0 aliphatic carbocycles. The van der Waals surface area contributed by atoms with Crippen LogP contribution in [0.5, 0.6) is 5.75 Å². The summed E-state index contributed by atoms with van der Waals surface area (Å²) in [7, 11) is 0. The van der Waals surface area contributed by atoms with Crippen molar-refractivity contribution >= 4 is 15.9 Å². The van der Waals surface area contributed by atoms with E-state index in [9.17, 15) is 0 Å². The van der Waals surface area contributed by atoms with Gasteiger partial charge >= 0.3 is 0 Å². The average molecular weight is 300 g/mol. The van der Waals surface area contributed by atoms with Gasteiger partial charge in [0.1, 0.15) is 5.75 Å². The number of halogens is 1. The summed E-state index contributed by atoms with van der Waals surface area (Å²) in [5, 5.41) is 3.33. The van der Waals surface area contributed by atoms with Crippen molar-refractivity contribution in [3.05, 3.63) is 28.2 Å². The van der Waals surface area contributed by atoms with Crippen molar-refractivity contribution in [1.82, 2.24) is 5.32 Å². The average Bonchev–Trinajstić information content (AvgIpc) is 2.30. The van der Waals surface area contributed by atoms with Crippen LogP contribution in [-0.4, -0.2) is 19.7 Å². The van der Waals surface area contributed by atoms with Crippen molar-refractivity contribution in [3.63, 3.8) is 0 Å². The van der Waals surface area contributed by atoms with Gasteiger partial charge in [0.2, 0.25) is 0 Å². The Bertz CT molecular complexity index is 328. The highest BCUT2D eigenvalue weighted by Gasteiger charge is 1.99. The number of benzene rings is 1. The molecule has 1 rings (SSSR count). The van der Waals surface area contributed by atoms with E-state index in [4.69, 9.17) is 4.74 Å². The molecule has 0 heterocycles. The van der Waals surface area contributed by atoms with Crippen molar-refractivity contribution in [2.24, 2.45) is 0 Å². The van der Waals surface area contributed by atoms with E-state index in [0.717, 1.165) is 36.3 Å². The SMILES string of the molecule is CCNCCCCCOc1ccc(Br)cc1C. The van der Waals surface area contributed by atoms with Gasteiger partial charge in [-0.1, -0.05) is 22.9 Å². The lowest BCUT2D eigenvalue weighted by Gasteiger charge is -2.09. The Labute approximate surface area is 113 Å². The number of unbranched alkanes of at least 4 members (excludes halogenated alkanes) is 2. The number of aryl methyl sites for hydroxylation is 1. The molecule has 0 aromatic heterocycles. The van der Waals surface area contributed by atoms with Gasteiger partial charge in [-0.05, 0) is 63.0 Å². The minimum absolute atomic E-state index is 0.814. The van der Waals surface area contributed by atoms with E-state index in [-0.39, 0.29) is 0 Å². The largest absolute Gasteiger partial charge is 0.493 e. The predicted molar refractivity (Wildman–Crippen MR) is 76.8 cm³/mol. The molecule has 0 amide bonds. The van der Waals surface area contributed by atoms with Gasteiger partial charge in [-0.25, -0.2) is 0 Å². The molecule has 17 heavy (non-hydrogen) atoms. The lowest BCUT2D eigenvalue weighted by atomic mass is 10.2. The van der Waals surface area contributed by atoms with Crippen LogP contribution in [0.15, 0.2) is 22.7 Å². The second kappa shape index (κ2) is 8.54. The van der Waals surface area contributed by atoms with E-state index in [1.165, 1.54) is 18.4 Å². The van der Waals surface area contributed by atoms with Gasteiger partial charge in [0.25, 0.3) is 0 Å². The normalized spacial score (nSPS) is 10.5. The Kier molecular flexibility index (Phi) is 7.29. The Morgan fingerprint density at radius 1 is 1.24 bits per heavy atom. The van der Waals surface area contributed by atoms with E-state index >= 15 is 0 Å². The van der Waals surface area contributed by atoms with Gasteiger partial charge in [-0.3, -0.25) is 0 Å². The molecular weight excluding hydrogens is 278 g/mol. The van der Waals surface area contributed by atoms with Crippen molar-refractivity contribution in [2.75, 3.05) is 19.7 Å². The van der Waals surface area contributed by atoms with E-state index in [0.29, 0.717) is 0 Å². The first-order chi connectivity index (χ1) is 8.24. The molecule has 0 radical (unpaired) electrons. The van der Waals surface area contributed by atoms with Crippen LogP contribution in [0.4, 0.5) is 0 Å². The molecule has 1 aromatic rings. The lowest BCUT2D eigenvalue weighted by molar-refractivity contribution is 0.303. The fourth-order valence-electron chi connectivity index (χ4n) is 1.66. The van der Waals surface area contributed by atoms with Gasteiger partial charge in [0.15, 0.2) is 0 Å². The van der Waals surface area contributed by atoms with Crippen LogP contribution in [0.25, 0.3) is 0 Å². The molecule has 0 unspecified atom stereocenters. The molecule has 1 aromatic carbocycles. The summed E-state index contributed by atoms with van der Waals surface area (Å²) in [5.41, 5.74) is 1.19. The van der Waals surface area contributed by atoms with Crippen molar-refractivity contribution in [3.8, 4) is 5.75 Å². The van der Waals surface area contributed by atoms with Crippen LogP contribution in [-0.2, 0) is 0 Å². The molecule has 0 spiro atoms. The third-order valence-electron chi connectivity index (χ3n) is 2.64. The zero-order chi connectivity index (χ0) is 12.5. The highest BCUT2D eigenvalue weighted by molar-refractivity contribution is 9.10. The van der Waals surface area contributed by atoms with Gasteiger partial charge in [0, 0.05) is 4.47 Å². The quantitative estimate of drug-likeness (QED) is 0.735. The molecular formula is C14H22BrNO. The molecule has 3 heteroatoms. The molecule has 0 bridgehead atoms. The maximum atomic E-state index is 5.76. The highest BCUT2D eigenvalue weighted by atomic mass is 79.9. The second-order valence-corrected chi connectivity index (χ2v) is 5.09. The zero-order valence-electron chi connectivity index (χ0n) is 10.8. The summed E-state index contributed by atoms with van der Waals surface area (Å²) in [4.78, 5) is 0. The maximum absolute atomic E-state index is 5.76. The molecule has 0 aliphatic rings. The molecule has 0 fully saturated rings. The van der Waals surface area contributed by atoms with E-state index < -0.39 is 0 Å². The van der Waals surface area contributed by atoms with E-state index in [1.54, 1.807) is 0 Å². The molecule has 0 saturated heterocycles. The zero-order valence-corrected chi connectivity index (χ0v) is 12.3. The minimum Gasteiger partial charge on any atom is -0.493 e. The van der Waals surface area contributed by atoms with Crippen molar-refractivity contribution in [1.29, 1.82) is 0 Å². The summed E-state index contributed by atoms with van der Waals surface area (Å²) in [6.07, 6.45) is 3.58. The van der Waals surface area contributed by atoms with Crippen LogP contribution in [0.3, 0.4) is 0 Å².